The summed E-state index contributed by atoms with van der Waals surface area (Å²) in [4.78, 5) is 40.4. The summed E-state index contributed by atoms with van der Waals surface area (Å²) in [5.41, 5.74) is 5.37. The molecule has 1 heterocycles. The molecule has 1 fully saturated rings. The van der Waals surface area contributed by atoms with Gasteiger partial charge in [0.2, 0.25) is 5.91 Å². The number of hydrogen-bond acceptors (Lipinski definition) is 5. The number of carbonyl (C=O) groups excluding carboxylic acids is 2. The number of nitrogens with one attached hydrogen (secondary N) is 1. The van der Waals surface area contributed by atoms with E-state index in [2.05, 4.69) is 17.4 Å². The molecule has 1 saturated heterocycles. The van der Waals surface area contributed by atoms with Crippen LogP contribution in [0.4, 0.5) is 4.79 Å². The van der Waals surface area contributed by atoms with Gasteiger partial charge >= 0.3 is 12.1 Å². The van der Waals surface area contributed by atoms with Gasteiger partial charge in [-0.05, 0) is 54.5 Å². The molecular formula is C33H36N2O6. The zero-order valence-corrected chi connectivity index (χ0v) is 23.4. The average molecular weight is 557 g/mol. The van der Waals surface area contributed by atoms with Gasteiger partial charge < -0.3 is 24.8 Å². The van der Waals surface area contributed by atoms with Gasteiger partial charge in [-0.25, -0.2) is 4.79 Å². The first-order chi connectivity index (χ1) is 19.8. The molecule has 0 spiro atoms. The number of aliphatic carboxylic acids is 1. The number of carboxylic acid groups (broad SMARTS) is 1. The van der Waals surface area contributed by atoms with Crippen LogP contribution in [0.25, 0.3) is 11.1 Å². The minimum Gasteiger partial charge on any atom is -0.481 e. The molecule has 214 valence electrons. The first kappa shape index (κ1) is 28.4. The minimum atomic E-state index is -1.05. The Morgan fingerprint density at radius 2 is 1.56 bits per heavy atom. The number of alkyl carbamates (subject to hydrolysis) is 1. The first-order valence-electron chi connectivity index (χ1n) is 14.2. The molecule has 3 aromatic carbocycles. The van der Waals surface area contributed by atoms with Crippen molar-refractivity contribution in [2.24, 2.45) is 5.92 Å². The van der Waals surface area contributed by atoms with Gasteiger partial charge in [0.15, 0.2) is 0 Å². The van der Waals surface area contributed by atoms with Crippen LogP contribution in [0.3, 0.4) is 0 Å². The number of carboxylic acids is 1. The monoisotopic (exact) mass is 556 g/mol. The Morgan fingerprint density at radius 1 is 0.951 bits per heavy atom. The number of ether oxygens (including phenoxy) is 2. The molecule has 2 N–H and O–H groups in total. The van der Waals surface area contributed by atoms with E-state index in [1.807, 2.05) is 66.7 Å². The Bertz CT molecular complexity index is 1350. The predicted molar refractivity (Wildman–Crippen MR) is 154 cm³/mol. The van der Waals surface area contributed by atoms with Crippen LogP contribution in [0.15, 0.2) is 78.9 Å². The van der Waals surface area contributed by atoms with E-state index in [1.54, 1.807) is 18.7 Å². The molecule has 0 saturated carbocycles. The van der Waals surface area contributed by atoms with Crippen LogP contribution in [0.2, 0.25) is 0 Å². The second kappa shape index (κ2) is 12.6. The average Bonchev–Trinajstić information content (AvgIpc) is 3.31. The fourth-order valence-electron chi connectivity index (χ4n) is 6.01. The second-order valence-corrected chi connectivity index (χ2v) is 10.8. The molecule has 4 atom stereocenters. The van der Waals surface area contributed by atoms with Crippen molar-refractivity contribution in [3.8, 4) is 11.1 Å². The number of rotatable bonds is 9. The molecule has 41 heavy (non-hydrogen) atoms. The highest BCUT2D eigenvalue weighted by Gasteiger charge is 2.40. The topological polar surface area (TPSA) is 105 Å². The highest BCUT2D eigenvalue weighted by atomic mass is 16.5. The molecule has 8 heteroatoms. The van der Waals surface area contributed by atoms with Crippen molar-refractivity contribution in [1.29, 1.82) is 0 Å². The third-order valence-corrected chi connectivity index (χ3v) is 8.30. The molecule has 0 bridgehead atoms. The van der Waals surface area contributed by atoms with Crippen molar-refractivity contribution < 1.29 is 29.0 Å². The van der Waals surface area contributed by atoms with Crippen molar-refractivity contribution in [3.05, 3.63) is 95.6 Å². The largest absolute Gasteiger partial charge is 0.481 e. The van der Waals surface area contributed by atoms with Crippen molar-refractivity contribution >= 4 is 18.0 Å². The number of likely N-dealkylation sites (tertiary alicyclic amines) is 1. The standard InChI is InChI=1S/C33H36N2O6/c1-21-24(32(37)38)17-10-18-35(21)31(36)30(22(2)40-19-23-11-4-3-5-12-23)34-33(39)41-20-29-27-15-8-6-13-25(27)26-14-7-9-16-28(26)29/h3-9,11-16,21-22,24,29-30H,10,17-20H2,1-2H3,(H,34,39)(H,37,38)/t21-,22?,24-,30?/m1/s1. The fourth-order valence-corrected chi connectivity index (χ4v) is 6.01. The van der Waals surface area contributed by atoms with Crippen LogP contribution in [0.5, 0.6) is 0 Å². The van der Waals surface area contributed by atoms with E-state index in [-0.39, 0.29) is 25.0 Å². The lowest BCUT2D eigenvalue weighted by Gasteiger charge is -2.40. The van der Waals surface area contributed by atoms with Crippen LogP contribution in [0, 0.1) is 5.92 Å². The van der Waals surface area contributed by atoms with Gasteiger partial charge in [0, 0.05) is 18.5 Å². The van der Waals surface area contributed by atoms with Gasteiger partial charge in [0.25, 0.3) is 0 Å². The van der Waals surface area contributed by atoms with Crippen LogP contribution in [0.1, 0.15) is 49.3 Å². The van der Waals surface area contributed by atoms with Gasteiger partial charge in [0.1, 0.15) is 12.6 Å². The Morgan fingerprint density at radius 3 is 2.20 bits per heavy atom. The minimum absolute atomic E-state index is 0.112. The zero-order chi connectivity index (χ0) is 28.9. The van der Waals surface area contributed by atoms with E-state index in [9.17, 15) is 19.5 Å². The summed E-state index contributed by atoms with van der Waals surface area (Å²) in [5.74, 6) is -2.09. The van der Waals surface area contributed by atoms with Crippen LogP contribution >= 0.6 is 0 Å². The number of carbonyl (C=O) groups is 3. The molecule has 1 aliphatic heterocycles. The van der Waals surface area contributed by atoms with Gasteiger partial charge in [-0.2, -0.15) is 0 Å². The maximum Gasteiger partial charge on any atom is 0.407 e. The van der Waals surface area contributed by atoms with Crippen molar-refractivity contribution in [2.75, 3.05) is 13.2 Å². The summed E-state index contributed by atoms with van der Waals surface area (Å²) in [5, 5.41) is 12.4. The van der Waals surface area contributed by atoms with Gasteiger partial charge in [-0.1, -0.05) is 78.9 Å². The van der Waals surface area contributed by atoms with Gasteiger partial charge in [-0.3, -0.25) is 9.59 Å². The number of benzene rings is 3. The molecule has 1 aliphatic carbocycles. The number of amides is 2. The Kier molecular flexibility index (Phi) is 8.69. The number of hydrogen-bond donors (Lipinski definition) is 2. The maximum atomic E-state index is 13.8. The van der Waals surface area contributed by atoms with E-state index in [0.29, 0.717) is 19.4 Å². The molecule has 2 unspecified atom stereocenters. The number of fused-ring (bicyclic) bond motifs is 3. The predicted octanol–water partition coefficient (Wildman–Crippen LogP) is 5.21. The number of piperidine rings is 1. The zero-order valence-electron chi connectivity index (χ0n) is 23.4. The molecule has 3 aromatic rings. The maximum absolute atomic E-state index is 13.8. The highest BCUT2D eigenvalue weighted by molar-refractivity contribution is 5.87. The summed E-state index contributed by atoms with van der Waals surface area (Å²) in [7, 11) is 0. The molecular weight excluding hydrogens is 520 g/mol. The second-order valence-electron chi connectivity index (χ2n) is 10.8. The SMILES string of the molecule is CC(OCc1ccccc1)C(NC(=O)OCC1c2ccccc2-c2ccccc21)C(=O)N1CCC[C@@H](C(=O)O)[C@H]1C. The van der Waals surface area contributed by atoms with Crippen molar-refractivity contribution in [1.82, 2.24) is 10.2 Å². The van der Waals surface area contributed by atoms with E-state index >= 15 is 0 Å². The molecule has 8 nitrogen and oxygen atoms in total. The van der Waals surface area contributed by atoms with Crippen molar-refractivity contribution in [2.45, 2.75) is 57.4 Å². The van der Waals surface area contributed by atoms with Crippen LogP contribution < -0.4 is 5.32 Å². The number of nitrogens with zero attached hydrogens (tertiary/aromatic N) is 1. The van der Waals surface area contributed by atoms with Crippen LogP contribution in [-0.4, -0.2) is 59.3 Å². The van der Waals surface area contributed by atoms with Gasteiger partial charge in [0.05, 0.1) is 18.6 Å². The Labute approximate surface area is 240 Å². The lowest BCUT2D eigenvalue weighted by molar-refractivity contribution is -0.151. The van der Waals surface area contributed by atoms with E-state index in [1.165, 1.54) is 0 Å². The summed E-state index contributed by atoms with van der Waals surface area (Å²) >= 11 is 0. The smallest absolute Gasteiger partial charge is 0.407 e. The molecule has 0 radical (unpaired) electrons. The van der Waals surface area contributed by atoms with Crippen LogP contribution in [-0.2, 0) is 25.7 Å². The van der Waals surface area contributed by atoms with Gasteiger partial charge in [-0.15, -0.1) is 0 Å². The molecule has 2 aliphatic rings. The third-order valence-electron chi connectivity index (χ3n) is 8.30. The van der Waals surface area contributed by atoms with E-state index in [4.69, 9.17) is 9.47 Å². The fraction of sp³-hybridized carbons (Fsp3) is 0.364. The van der Waals surface area contributed by atoms with E-state index < -0.39 is 36.2 Å². The summed E-state index contributed by atoms with van der Waals surface area (Å²) in [6, 6.07) is 24.2. The molecule has 2 amide bonds. The summed E-state index contributed by atoms with van der Waals surface area (Å²) in [6.45, 7) is 4.26. The summed E-state index contributed by atoms with van der Waals surface area (Å²) < 4.78 is 11.8. The first-order valence-corrected chi connectivity index (χ1v) is 14.2. The lowest BCUT2D eigenvalue weighted by atomic mass is 9.89. The highest BCUT2D eigenvalue weighted by Crippen LogP contribution is 2.44. The Balaban J connectivity index is 1.31. The Hall–Kier alpha value is -4.17. The normalized spacial score (nSPS) is 19.5. The van der Waals surface area contributed by atoms with E-state index in [0.717, 1.165) is 27.8 Å². The third kappa shape index (κ3) is 6.12. The van der Waals surface area contributed by atoms with Crippen molar-refractivity contribution in [3.63, 3.8) is 0 Å². The molecule has 5 rings (SSSR count). The summed E-state index contributed by atoms with van der Waals surface area (Å²) in [6.07, 6.45) is -0.338. The molecule has 0 aromatic heterocycles. The lowest BCUT2D eigenvalue weighted by Crippen LogP contribution is -2.59. The quantitative estimate of drug-likeness (QED) is 0.375.